The molecule has 0 fully saturated rings. The maximum absolute atomic E-state index is 8.97. The molecule has 0 spiro atoms. The third-order valence-electron chi connectivity index (χ3n) is 9.53. The van der Waals surface area contributed by atoms with E-state index in [-0.39, 0.29) is 5.82 Å². The molecule has 9 rings (SSSR count). The van der Waals surface area contributed by atoms with Crippen LogP contribution in [-0.4, -0.2) is 19.9 Å². The Morgan fingerprint density at radius 1 is 0.308 bits per heavy atom. The van der Waals surface area contributed by atoms with Gasteiger partial charge in [0.1, 0.15) is 6.07 Å². The van der Waals surface area contributed by atoms with Gasteiger partial charge in [0, 0.05) is 41.5 Å². The van der Waals surface area contributed by atoms with Gasteiger partial charge in [0.25, 0.3) is 0 Å². The van der Waals surface area contributed by atoms with Gasteiger partial charge in [0.2, 0.25) is 5.82 Å². The fourth-order valence-electron chi connectivity index (χ4n) is 6.69. The zero-order valence-electron chi connectivity index (χ0n) is 28.0. The van der Waals surface area contributed by atoms with Crippen molar-refractivity contribution in [3.63, 3.8) is 0 Å². The summed E-state index contributed by atoms with van der Waals surface area (Å²) in [4.78, 5) is 17.8. The molecular weight excluding hydrogens is 635 g/mol. The van der Waals surface area contributed by atoms with Crippen molar-refractivity contribution in [2.24, 2.45) is 0 Å². The van der Waals surface area contributed by atoms with E-state index in [4.69, 9.17) is 15.2 Å². The molecule has 2 aromatic heterocycles. The Morgan fingerprint density at radius 3 is 1.15 bits per heavy atom. The number of nitriles is 1. The monoisotopic (exact) mass is 663 g/mol. The van der Waals surface area contributed by atoms with E-state index >= 15 is 0 Å². The Morgan fingerprint density at radius 2 is 0.673 bits per heavy atom. The molecule has 0 aliphatic rings. The number of hydrogen-bond donors (Lipinski definition) is 0. The average Bonchev–Trinajstić information content (AvgIpc) is 3.23. The van der Waals surface area contributed by atoms with Crippen LogP contribution in [0.15, 0.2) is 176 Å². The van der Waals surface area contributed by atoms with E-state index in [0.29, 0.717) is 5.82 Å². The predicted octanol–water partition coefficient (Wildman–Crippen LogP) is 11.4. The van der Waals surface area contributed by atoms with Crippen molar-refractivity contribution in [2.45, 2.75) is 0 Å². The molecule has 0 aliphatic carbocycles. The fourth-order valence-corrected chi connectivity index (χ4v) is 6.69. The molecule has 9 aromatic rings. The summed E-state index contributed by atoms with van der Waals surface area (Å²) in [5, 5.41) is 13.8. The molecule has 0 radical (unpaired) electrons. The Hall–Kier alpha value is -7.29. The minimum atomic E-state index is 0.163. The summed E-state index contributed by atoms with van der Waals surface area (Å²) < 4.78 is 0. The van der Waals surface area contributed by atoms with E-state index in [9.17, 15) is 0 Å². The molecule has 7 aromatic carbocycles. The molecular formula is C47H29N5. The summed E-state index contributed by atoms with van der Waals surface area (Å²) in [6.45, 7) is 0. The molecule has 0 bridgehead atoms. The van der Waals surface area contributed by atoms with Crippen LogP contribution in [0.4, 0.5) is 0 Å². The van der Waals surface area contributed by atoms with Crippen molar-refractivity contribution in [3.05, 3.63) is 182 Å². The second kappa shape index (κ2) is 13.2. The van der Waals surface area contributed by atoms with E-state index in [1.165, 1.54) is 21.5 Å². The van der Waals surface area contributed by atoms with Crippen molar-refractivity contribution < 1.29 is 0 Å². The van der Waals surface area contributed by atoms with Gasteiger partial charge in [-0.1, -0.05) is 121 Å². The van der Waals surface area contributed by atoms with E-state index < -0.39 is 0 Å². The molecule has 5 nitrogen and oxygen atoms in total. The molecule has 0 amide bonds. The molecule has 52 heavy (non-hydrogen) atoms. The molecule has 0 aliphatic heterocycles. The minimum absolute atomic E-state index is 0.163. The van der Waals surface area contributed by atoms with E-state index in [1.54, 1.807) is 12.4 Å². The van der Waals surface area contributed by atoms with Gasteiger partial charge in [-0.15, -0.1) is 0 Å². The zero-order chi connectivity index (χ0) is 34.9. The third kappa shape index (κ3) is 6.06. The highest BCUT2D eigenvalue weighted by molar-refractivity contribution is 5.91. The van der Waals surface area contributed by atoms with Crippen LogP contribution in [0.3, 0.4) is 0 Å². The standard InChI is InChI=1S/C47H29N5/c48-26-46-49-27-44(28-50-46)35-11-9-33(10-12-35)34-13-17-36(18-14-34)47-51-29-45(30-52-47)43-24-41(39-19-15-31-5-1-3-7-37(31)21-39)23-42(25-43)40-20-16-32-6-2-4-8-38(32)22-40/h1-25,27-30H. The topological polar surface area (TPSA) is 75.3 Å². The van der Waals surface area contributed by atoms with Crippen LogP contribution in [0.2, 0.25) is 0 Å². The molecule has 5 heteroatoms. The molecule has 2 heterocycles. The summed E-state index contributed by atoms with van der Waals surface area (Å²) in [6, 6.07) is 55.5. The summed E-state index contributed by atoms with van der Waals surface area (Å²) in [5.41, 5.74) is 11.6. The molecule has 0 saturated heterocycles. The molecule has 242 valence electrons. The first-order chi connectivity index (χ1) is 25.7. The second-order valence-corrected chi connectivity index (χ2v) is 12.8. The predicted molar refractivity (Wildman–Crippen MR) is 210 cm³/mol. The minimum Gasteiger partial charge on any atom is -0.236 e. The molecule has 0 unspecified atom stereocenters. The highest BCUT2D eigenvalue weighted by Crippen LogP contribution is 2.35. The van der Waals surface area contributed by atoms with Crippen LogP contribution in [-0.2, 0) is 0 Å². The van der Waals surface area contributed by atoms with Gasteiger partial charge in [-0.3, -0.25) is 0 Å². The van der Waals surface area contributed by atoms with E-state index in [2.05, 4.69) is 149 Å². The lowest BCUT2D eigenvalue weighted by Gasteiger charge is -2.13. The third-order valence-corrected chi connectivity index (χ3v) is 9.53. The van der Waals surface area contributed by atoms with Gasteiger partial charge in [-0.25, -0.2) is 19.9 Å². The lowest BCUT2D eigenvalue weighted by Crippen LogP contribution is -1.92. The van der Waals surface area contributed by atoms with Gasteiger partial charge in [-0.05, 0) is 96.4 Å². The Labute approximate surface area is 301 Å². The van der Waals surface area contributed by atoms with Gasteiger partial charge >= 0.3 is 0 Å². The quantitative estimate of drug-likeness (QED) is 0.177. The van der Waals surface area contributed by atoms with Crippen molar-refractivity contribution in [1.82, 2.24) is 19.9 Å². The second-order valence-electron chi connectivity index (χ2n) is 12.8. The van der Waals surface area contributed by atoms with Gasteiger partial charge in [0.05, 0.1) is 0 Å². The van der Waals surface area contributed by atoms with Crippen LogP contribution in [0.25, 0.3) is 88.6 Å². The van der Waals surface area contributed by atoms with Crippen molar-refractivity contribution in [2.75, 3.05) is 0 Å². The maximum atomic E-state index is 8.97. The van der Waals surface area contributed by atoms with Crippen LogP contribution < -0.4 is 0 Å². The number of benzene rings is 7. The fraction of sp³-hybridized carbons (Fsp3) is 0. The lowest BCUT2D eigenvalue weighted by molar-refractivity contribution is 1.12. The lowest BCUT2D eigenvalue weighted by atomic mass is 9.92. The molecule has 0 atom stereocenters. The van der Waals surface area contributed by atoms with Crippen molar-refractivity contribution in [1.29, 1.82) is 5.26 Å². The Bertz CT molecular complexity index is 2670. The summed E-state index contributed by atoms with van der Waals surface area (Å²) in [6.07, 6.45) is 7.19. The molecule has 0 saturated carbocycles. The van der Waals surface area contributed by atoms with E-state index in [0.717, 1.165) is 61.2 Å². The highest BCUT2D eigenvalue weighted by atomic mass is 14.9. The summed E-state index contributed by atoms with van der Waals surface area (Å²) >= 11 is 0. The van der Waals surface area contributed by atoms with Crippen molar-refractivity contribution >= 4 is 21.5 Å². The largest absolute Gasteiger partial charge is 0.236 e. The normalized spacial score (nSPS) is 11.1. The zero-order valence-corrected chi connectivity index (χ0v) is 28.0. The van der Waals surface area contributed by atoms with Crippen LogP contribution in [0.1, 0.15) is 5.82 Å². The van der Waals surface area contributed by atoms with Crippen LogP contribution in [0.5, 0.6) is 0 Å². The first kappa shape index (κ1) is 30.7. The summed E-state index contributed by atoms with van der Waals surface area (Å²) in [5.74, 6) is 0.836. The molecule has 0 N–H and O–H groups in total. The highest BCUT2D eigenvalue weighted by Gasteiger charge is 2.11. The van der Waals surface area contributed by atoms with E-state index in [1.807, 2.05) is 30.6 Å². The van der Waals surface area contributed by atoms with Crippen LogP contribution >= 0.6 is 0 Å². The van der Waals surface area contributed by atoms with Gasteiger partial charge < -0.3 is 0 Å². The number of rotatable bonds is 6. The number of fused-ring (bicyclic) bond motifs is 2. The maximum Gasteiger partial charge on any atom is 0.232 e. The summed E-state index contributed by atoms with van der Waals surface area (Å²) in [7, 11) is 0. The number of aromatic nitrogens is 4. The van der Waals surface area contributed by atoms with Gasteiger partial charge in [-0.2, -0.15) is 5.26 Å². The van der Waals surface area contributed by atoms with Crippen molar-refractivity contribution in [3.8, 4) is 73.1 Å². The Balaban J connectivity index is 1.02. The number of nitrogens with zero attached hydrogens (tertiary/aromatic N) is 5. The Kier molecular flexibility index (Phi) is 7.81. The SMILES string of the molecule is N#Cc1ncc(-c2ccc(-c3ccc(-c4ncc(-c5cc(-c6ccc7ccccc7c6)cc(-c6ccc7ccccc7c6)c5)cn4)cc3)cc2)cn1. The van der Waals surface area contributed by atoms with Gasteiger partial charge in [0.15, 0.2) is 5.82 Å². The first-order valence-corrected chi connectivity index (χ1v) is 17.1. The average molecular weight is 664 g/mol. The van der Waals surface area contributed by atoms with Crippen LogP contribution in [0, 0.1) is 11.3 Å². The number of hydrogen-bond acceptors (Lipinski definition) is 5. The first-order valence-electron chi connectivity index (χ1n) is 17.1. The smallest absolute Gasteiger partial charge is 0.232 e.